The molecule has 1 aromatic heterocycles. The molecule has 4 rings (SSSR count). The van der Waals surface area contributed by atoms with Crippen molar-refractivity contribution >= 4 is 28.3 Å². The highest BCUT2D eigenvalue weighted by Gasteiger charge is 2.18. The SMILES string of the molecule is COc1ccc(NCC(=O)NNC(=O)c2nn(-c3ccccc3)c(=O)c3ccccc23)cc1. The number of rotatable bonds is 6. The number of fused-ring (bicyclic) bond motifs is 1. The molecular formula is C24H21N5O4. The molecule has 0 atom stereocenters. The fourth-order valence-corrected chi connectivity index (χ4v) is 3.22. The third-order valence-corrected chi connectivity index (χ3v) is 4.88. The third kappa shape index (κ3) is 4.82. The Morgan fingerprint density at radius 2 is 1.55 bits per heavy atom. The van der Waals surface area contributed by atoms with Gasteiger partial charge in [0, 0.05) is 11.1 Å². The molecule has 3 N–H and O–H groups in total. The van der Waals surface area contributed by atoms with E-state index in [4.69, 9.17) is 4.74 Å². The number of hydrogen-bond acceptors (Lipinski definition) is 6. The van der Waals surface area contributed by atoms with E-state index in [9.17, 15) is 14.4 Å². The lowest BCUT2D eigenvalue weighted by atomic mass is 10.1. The molecule has 0 saturated heterocycles. The van der Waals surface area contributed by atoms with Gasteiger partial charge in [0.05, 0.1) is 24.7 Å². The highest BCUT2D eigenvalue weighted by Crippen LogP contribution is 2.16. The number of amides is 2. The zero-order valence-corrected chi connectivity index (χ0v) is 17.7. The number of ether oxygens (including phenoxy) is 1. The molecular weight excluding hydrogens is 422 g/mol. The zero-order chi connectivity index (χ0) is 23.2. The fourth-order valence-electron chi connectivity index (χ4n) is 3.22. The van der Waals surface area contributed by atoms with Gasteiger partial charge in [-0.1, -0.05) is 36.4 Å². The first-order valence-electron chi connectivity index (χ1n) is 10.1. The van der Waals surface area contributed by atoms with Crippen molar-refractivity contribution in [1.29, 1.82) is 0 Å². The fraction of sp³-hybridized carbons (Fsp3) is 0.0833. The van der Waals surface area contributed by atoms with Gasteiger partial charge in [0.2, 0.25) is 0 Å². The summed E-state index contributed by atoms with van der Waals surface area (Å²) in [5.41, 5.74) is 5.64. The number of methoxy groups -OCH3 is 1. The number of carbonyl (C=O) groups excluding carboxylic acids is 2. The average Bonchev–Trinajstić information content (AvgIpc) is 2.87. The van der Waals surface area contributed by atoms with Crippen molar-refractivity contribution in [2.45, 2.75) is 0 Å². The molecule has 0 aliphatic rings. The Bertz CT molecular complexity index is 1350. The van der Waals surface area contributed by atoms with Crippen LogP contribution in [0.5, 0.6) is 5.75 Å². The van der Waals surface area contributed by atoms with E-state index in [1.54, 1.807) is 79.9 Å². The summed E-state index contributed by atoms with van der Waals surface area (Å²) < 4.78 is 6.27. The number of hydrogen-bond donors (Lipinski definition) is 3. The van der Waals surface area contributed by atoms with Crippen molar-refractivity contribution in [1.82, 2.24) is 20.6 Å². The number of anilines is 1. The maximum Gasteiger partial charge on any atom is 0.290 e. The minimum Gasteiger partial charge on any atom is -0.497 e. The number of nitrogens with zero attached hydrogens (tertiary/aromatic N) is 2. The second kappa shape index (κ2) is 9.65. The van der Waals surface area contributed by atoms with Crippen LogP contribution in [0.25, 0.3) is 16.5 Å². The lowest BCUT2D eigenvalue weighted by Crippen LogP contribution is -2.45. The smallest absolute Gasteiger partial charge is 0.290 e. The summed E-state index contributed by atoms with van der Waals surface area (Å²) >= 11 is 0. The summed E-state index contributed by atoms with van der Waals surface area (Å²) in [4.78, 5) is 38.0. The molecule has 166 valence electrons. The number of hydrazine groups is 1. The molecule has 3 aromatic carbocycles. The molecule has 0 spiro atoms. The predicted molar refractivity (Wildman–Crippen MR) is 124 cm³/mol. The first-order chi connectivity index (χ1) is 16.1. The number of carbonyl (C=O) groups is 2. The summed E-state index contributed by atoms with van der Waals surface area (Å²) in [5.74, 6) is -0.401. The molecule has 0 unspecified atom stereocenters. The molecule has 0 bridgehead atoms. The number of benzene rings is 3. The van der Waals surface area contributed by atoms with Gasteiger partial charge in [-0.15, -0.1) is 0 Å². The van der Waals surface area contributed by atoms with Gasteiger partial charge >= 0.3 is 0 Å². The van der Waals surface area contributed by atoms with Crippen LogP contribution in [0.4, 0.5) is 5.69 Å². The molecule has 0 aliphatic carbocycles. The van der Waals surface area contributed by atoms with E-state index in [1.807, 2.05) is 6.07 Å². The Labute approximate surface area is 189 Å². The Balaban J connectivity index is 1.50. The molecule has 0 saturated carbocycles. The molecule has 9 nitrogen and oxygen atoms in total. The average molecular weight is 443 g/mol. The van der Waals surface area contributed by atoms with Crippen LogP contribution in [-0.4, -0.2) is 35.2 Å². The van der Waals surface area contributed by atoms with Crippen LogP contribution >= 0.6 is 0 Å². The van der Waals surface area contributed by atoms with Crippen LogP contribution in [0.15, 0.2) is 83.7 Å². The Morgan fingerprint density at radius 3 is 2.24 bits per heavy atom. The maximum atomic E-state index is 12.9. The summed E-state index contributed by atoms with van der Waals surface area (Å²) in [5, 5.41) is 7.95. The highest BCUT2D eigenvalue weighted by molar-refractivity contribution is 6.05. The molecule has 1 heterocycles. The van der Waals surface area contributed by atoms with E-state index in [1.165, 1.54) is 4.68 Å². The molecule has 0 fully saturated rings. The van der Waals surface area contributed by atoms with Crippen LogP contribution in [-0.2, 0) is 4.79 Å². The minimum absolute atomic E-state index is 0.0115. The number of nitrogens with one attached hydrogen (secondary N) is 3. The summed E-state index contributed by atoms with van der Waals surface area (Å²) in [6.45, 7) is -0.0652. The van der Waals surface area contributed by atoms with Crippen LogP contribution in [0.2, 0.25) is 0 Å². The normalized spacial score (nSPS) is 10.5. The van der Waals surface area contributed by atoms with E-state index >= 15 is 0 Å². The number of aromatic nitrogens is 2. The van der Waals surface area contributed by atoms with Crippen molar-refractivity contribution in [3.8, 4) is 11.4 Å². The first-order valence-corrected chi connectivity index (χ1v) is 10.1. The molecule has 9 heteroatoms. The van der Waals surface area contributed by atoms with E-state index in [-0.39, 0.29) is 17.8 Å². The van der Waals surface area contributed by atoms with Crippen LogP contribution in [0.1, 0.15) is 10.5 Å². The van der Waals surface area contributed by atoms with E-state index < -0.39 is 11.8 Å². The lowest BCUT2D eigenvalue weighted by Gasteiger charge is -2.12. The van der Waals surface area contributed by atoms with Crippen LogP contribution in [0.3, 0.4) is 0 Å². The second-order valence-electron chi connectivity index (χ2n) is 7.03. The van der Waals surface area contributed by atoms with Crippen molar-refractivity contribution in [3.05, 3.63) is 94.9 Å². The van der Waals surface area contributed by atoms with E-state index in [2.05, 4.69) is 21.3 Å². The van der Waals surface area contributed by atoms with Crippen LogP contribution < -0.4 is 26.5 Å². The predicted octanol–water partition coefficient (Wildman–Crippen LogP) is 2.27. The summed E-state index contributed by atoms with van der Waals surface area (Å²) in [6, 6.07) is 22.6. The van der Waals surface area contributed by atoms with E-state index in [0.29, 0.717) is 22.2 Å². The van der Waals surface area contributed by atoms with Crippen molar-refractivity contribution < 1.29 is 14.3 Å². The van der Waals surface area contributed by atoms with Gasteiger partial charge in [0.15, 0.2) is 5.69 Å². The van der Waals surface area contributed by atoms with Crippen molar-refractivity contribution in [2.24, 2.45) is 0 Å². The molecule has 4 aromatic rings. The summed E-state index contributed by atoms with van der Waals surface area (Å²) in [7, 11) is 1.57. The topological polar surface area (TPSA) is 114 Å². The quantitative estimate of drug-likeness (QED) is 0.394. The minimum atomic E-state index is -0.645. The summed E-state index contributed by atoms with van der Waals surface area (Å²) in [6.07, 6.45) is 0. The van der Waals surface area contributed by atoms with Gasteiger partial charge in [0.25, 0.3) is 17.4 Å². The Morgan fingerprint density at radius 1 is 0.879 bits per heavy atom. The maximum absolute atomic E-state index is 12.9. The molecule has 33 heavy (non-hydrogen) atoms. The van der Waals surface area contributed by atoms with Gasteiger partial charge in [-0.2, -0.15) is 9.78 Å². The van der Waals surface area contributed by atoms with Crippen molar-refractivity contribution in [3.63, 3.8) is 0 Å². The van der Waals surface area contributed by atoms with Gasteiger partial charge in [-0.25, -0.2) is 0 Å². The van der Waals surface area contributed by atoms with Crippen molar-refractivity contribution in [2.75, 3.05) is 19.0 Å². The second-order valence-corrected chi connectivity index (χ2v) is 7.03. The van der Waals surface area contributed by atoms with Crippen LogP contribution in [0, 0.1) is 0 Å². The standard InChI is InChI=1S/C24H21N5O4/c1-33-18-13-11-16(12-14-18)25-15-21(30)26-27-23(31)22-19-9-5-6-10-20(19)24(32)29(28-22)17-7-3-2-4-8-17/h2-14,25H,15H2,1H3,(H,26,30)(H,27,31). The van der Waals surface area contributed by atoms with Gasteiger partial charge in [-0.05, 0) is 42.5 Å². The third-order valence-electron chi connectivity index (χ3n) is 4.88. The molecule has 0 radical (unpaired) electrons. The van der Waals surface area contributed by atoms with Gasteiger partial charge < -0.3 is 10.1 Å². The van der Waals surface area contributed by atoms with Gasteiger partial charge in [-0.3, -0.25) is 25.2 Å². The first kappa shape index (κ1) is 21.6. The largest absolute Gasteiger partial charge is 0.497 e. The monoisotopic (exact) mass is 443 g/mol. The number of para-hydroxylation sites is 1. The molecule has 0 aliphatic heterocycles. The van der Waals surface area contributed by atoms with E-state index in [0.717, 1.165) is 5.69 Å². The zero-order valence-electron chi connectivity index (χ0n) is 17.7. The lowest BCUT2D eigenvalue weighted by molar-refractivity contribution is -0.120. The highest BCUT2D eigenvalue weighted by atomic mass is 16.5. The molecule has 2 amide bonds. The Kier molecular flexibility index (Phi) is 6.31. The Hall–Kier alpha value is -4.66. The van der Waals surface area contributed by atoms with Gasteiger partial charge in [0.1, 0.15) is 5.75 Å².